The van der Waals surface area contributed by atoms with Gasteiger partial charge in [0.1, 0.15) is 0 Å². The van der Waals surface area contributed by atoms with Crippen LogP contribution in [0.25, 0.3) is 11.4 Å². The van der Waals surface area contributed by atoms with Crippen molar-refractivity contribution < 1.29 is 9.32 Å². The number of nitrogens with zero attached hydrogens (tertiary/aromatic N) is 3. The first-order valence-electron chi connectivity index (χ1n) is 9.31. The van der Waals surface area contributed by atoms with Crippen molar-refractivity contribution in [2.75, 3.05) is 23.3 Å². The average molecular weight is 397 g/mol. The number of hydrogen-bond donors (Lipinski definition) is 1. The molecule has 0 saturated carbocycles. The monoisotopic (exact) mass is 396 g/mol. The molecule has 1 aliphatic heterocycles. The number of nitrogens with one attached hydrogen (secondary N) is 1. The van der Waals surface area contributed by atoms with Gasteiger partial charge in [-0.2, -0.15) is 4.98 Å². The molecule has 144 valence electrons. The first-order valence-corrected chi connectivity index (χ1v) is 9.69. The normalized spacial score (nSPS) is 14.9. The maximum Gasteiger partial charge on any atom is 0.324 e. The first kappa shape index (κ1) is 18.5. The molecular formula is C21H21ClN4O2. The molecule has 28 heavy (non-hydrogen) atoms. The molecule has 2 aromatic carbocycles. The van der Waals surface area contributed by atoms with E-state index in [2.05, 4.69) is 15.5 Å². The van der Waals surface area contributed by atoms with Gasteiger partial charge in [0, 0.05) is 35.3 Å². The molecular weight excluding hydrogens is 376 g/mol. The van der Waals surface area contributed by atoms with Crippen LogP contribution in [0.15, 0.2) is 53.1 Å². The Morgan fingerprint density at radius 2 is 1.96 bits per heavy atom. The largest absolute Gasteiger partial charge is 0.326 e. The van der Waals surface area contributed by atoms with Gasteiger partial charge in [0.2, 0.25) is 11.7 Å². The summed E-state index contributed by atoms with van der Waals surface area (Å²) < 4.78 is 5.47. The van der Waals surface area contributed by atoms with Gasteiger partial charge in [-0.25, -0.2) is 0 Å². The highest BCUT2D eigenvalue weighted by Gasteiger charge is 2.27. The summed E-state index contributed by atoms with van der Waals surface area (Å²) in [6.07, 6.45) is 1.46. The zero-order valence-electron chi connectivity index (χ0n) is 15.6. The number of halogens is 1. The number of aryl methyl sites for hydroxylation is 1. The van der Waals surface area contributed by atoms with Gasteiger partial charge in [-0.05, 0) is 43.5 Å². The zero-order chi connectivity index (χ0) is 19.5. The fraction of sp³-hybridized carbons (Fsp3) is 0.286. The van der Waals surface area contributed by atoms with Gasteiger partial charge in [-0.3, -0.25) is 4.79 Å². The smallest absolute Gasteiger partial charge is 0.324 e. The molecule has 0 spiro atoms. The third kappa shape index (κ3) is 4.02. The van der Waals surface area contributed by atoms with Crippen molar-refractivity contribution in [3.63, 3.8) is 0 Å². The van der Waals surface area contributed by atoms with Gasteiger partial charge in [-0.15, -0.1) is 0 Å². The summed E-state index contributed by atoms with van der Waals surface area (Å²) in [7, 11) is 0. The van der Waals surface area contributed by atoms with Crippen LogP contribution in [0.5, 0.6) is 0 Å². The van der Waals surface area contributed by atoms with Crippen molar-refractivity contribution in [2.24, 2.45) is 5.92 Å². The van der Waals surface area contributed by atoms with Gasteiger partial charge in [-0.1, -0.05) is 47.1 Å². The lowest BCUT2D eigenvalue weighted by Crippen LogP contribution is -2.38. The summed E-state index contributed by atoms with van der Waals surface area (Å²) in [5, 5.41) is 7.67. The molecule has 7 heteroatoms. The number of aromatic nitrogens is 2. The van der Waals surface area contributed by atoms with Gasteiger partial charge in [0.25, 0.3) is 0 Å². The van der Waals surface area contributed by atoms with E-state index in [4.69, 9.17) is 16.1 Å². The Labute approximate surface area is 168 Å². The van der Waals surface area contributed by atoms with E-state index in [0.717, 1.165) is 29.7 Å². The molecule has 1 aliphatic rings. The Balaban J connectivity index is 1.37. The van der Waals surface area contributed by atoms with Crippen LogP contribution in [0, 0.1) is 12.8 Å². The van der Waals surface area contributed by atoms with Crippen molar-refractivity contribution in [2.45, 2.75) is 19.8 Å². The molecule has 0 aliphatic carbocycles. The minimum Gasteiger partial charge on any atom is -0.326 e. The van der Waals surface area contributed by atoms with Crippen molar-refractivity contribution in [3.8, 4) is 11.4 Å². The predicted octanol–water partition coefficient (Wildman–Crippen LogP) is 4.55. The number of rotatable bonds is 4. The van der Waals surface area contributed by atoms with Gasteiger partial charge in [0.15, 0.2) is 0 Å². The summed E-state index contributed by atoms with van der Waals surface area (Å²) in [6.45, 7) is 3.42. The molecule has 0 atom stereocenters. The SMILES string of the molecule is Cc1ccccc1-c1noc(N2CCC(C(=O)Nc3cccc(Cl)c3)CC2)n1. The number of carbonyl (C=O) groups excluding carboxylic acids is 1. The summed E-state index contributed by atoms with van der Waals surface area (Å²) >= 11 is 5.98. The predicted molar refractivity (Wildman–Crippen MR) is 109 cm³/mol. The maximum absolute atomic E-state index is 12.5. The average Bonchev–Trinajstić information content (AvgIpc) is 3.18. The lowest BCUT2D eigenvalue weighted by molar-refractivity contribution is -0.120. The maximum atomic E-state index is 12.5. The van der Waals surface area contributed by atoms with Crippen LogP contribution in [0.4, 0.5) is 11.7 Å². The second-order valence-corrected chi connectivity index (χ2v) is 7.41. The second kappa shape index (κ2) is 8.02. The van der Waals surface area contributed by atoms with E-state index in [-0.39, 0.29) is 11.8 Å². The van der Waals surface area contributed by atoms with Crippen molar-refractivity contribution in [1.82, 2.24) is 10.1 Å². The Kier molecular flexibility index (Phi) is 5.30. The molecule has 6 nitrogen and oxygen atoms in total. The topological polar surface area (TPSA) is 71.3 Å². The summed E-state index contributed by atoms with van der Waals surface area (Å²) in [5.74, 6) is 0.566. The van der Waals surface area contributed by atoms with Crippen molar-refractivity contribution in [3.05, 3.63) is 59.1 Å². The van der Waals surface area contributed by atoms with E-state index in [9.17, 15) is 4.79 Å². The molecule has 1 saturated heterocycles. The van der Waals surface area contributed by atoms with Crippen molar-refractivity contribution in [1.29, 1.82) is 0 Å². The van der Waals surface area contributed by atoms with Gasteiger partial charge < -0.3 is 14.7 Å². The van der Waals surface area contributed by atoms with E-state index in [1.165, 1.54) is 0 Å². The number of amides is 1. The highest BCUT2D eigenvalue weighted by atomic mass is 35.5. The van der Waals surface area contributed by atoms with Gasteiger partial charge in [0.05, 0.1) is 0 Å². The number of carbonyl (C=O) groups is 1. The third-order valence-corrected chi connectivity index (χ3v) is 5.26. The lowest BCUT2D eigenvalue weighted by Gasteiger charge is -2.29. The fourth-order valence-corrected chi connectivity index (χ4v) is 3.61. The molecule has 4 rings (SSSR count). The van der Waals surface area contributed by atoms with E-state index < -0.39 is 0 Å². The molecule has 1 N–H and O–H groups in total. The van der Waals surface area contributed by atoms with Gasteiger partial charge >= 0.3 is 6.01 Å². The van der Waals surface area contributed by atoms with Crippen molar-refractivity contribution >= 4 is 29.2 Å². The van der Waals surface area contributed by atoms with Crippen LogP contribution >= 0.6 is 11.6 Å². The highest BCUT2D eigenvalue weighted by molar-refractivity contribution is 6.30. The fourth-order valence-electron chi connectivity index (χ4n) is 3.42. The Morgan fingerprint density at radius 1 is 1.18 bits per heavy atom. The Bertz CT molecular complexity index is 980. The molecule has 1 fully saturated rings. The minimum atomic E-state index is -0.0472. The van der Waals surface area contributed by atoms with Crippen LogP contribution < -0.4 is 10.2 Å². The highest BCUT2D eigenvalue weighted by Crippen LogP contribution is 2.27. The van der Waals surface area contributed by atoms with E-state index in [1.54, 1.807) is 12.1 Å². The lowest BCUT2D eigenvalue weighted by atomic mass is 9.96. The first-order chi connectivity index (χ1) is 13.6. The second-order valence-electron chi connectivity index (χ2n) is 6.98. The molecule has 3 aromatic rings. The molecule has 1 aromatic heterocycles. The standard InChI is InChI=1S/C21H21ClN4O2/c1-14-5-2-3-8-18(14)19-24-21(28-25-19)26-11-9-15(10-12-26)20(27)23-17-7-4-6-16(22)13-17/h2-8,13,15H,9-12H2,1H3,(H,23,27). The van der Waals surface area contributed by atoms with E-state index in [1.807, 2.05) is 48.2 Å². The van der Waals surface area contributed by atoms with Crippen LogP contribution in [0.2, 0.25) is 5.02 Å². The van der Waals surface area contributed by atoms with E-state index in [0.29, 0.717) is 30.0 Å². The summed E-state index contributed by atoms with van der Waals surface area (Å²) in [5.41, 5.74) is 2.79. The third-order valence-electron chi connectivity index (χ3n) is 5.03. The molecule has 0 unspecified atom stereocenters. The zero-order valence-corrected chi connectivity index (χ0v) is 16.3. The van der Waals surface area contributed by atoms with Crippen LogP contribution in [-0.4, -0.2) is 29.1 Å². The van der Waals surface area contributed by atoms with Crippen LogP contribution in [0.1, 0.15) is 18.4 Å². The Hall–Kier alpha value is -2.86. The number of piperidine rings is 1. The number of hydrogen-bond acceptors (Lipinski definition) is 5. The van der Waals surface area contributed by atoms with Crippen LogP contribution in [-0.2, 0) is 4.79 Å². The Morgan fingerprint density at radius 3 is 2.71 bits per heavy atom. The summed E-state index contributed by atoms with van der Waals surface area (Å²) in [4.78, 5) is 19.1. The molecule has 0 bridgehead atoms. The minimum absolute atomic E-state index is 0.0213. The van der Waals surface area contributed by atoms with E-state index >= 15 is 0 Å². The number of benzene rings is 2. The molecule has 2 heterocycles. The number of anilines is 2. The molecule has 1 amide bonds. The summed E-state index contributed by atoms with van der Waals surface area (Å²) in [6, 6.07) is 15.7. The quantitative estimate of drug-likeness (QED) is 0.700. The van der Waals surface area contributed by atoms with Crippen LogP contribution in [0.3, 0.4) is 0 Å². The molecule has 0 radical (unpaired) electrons.